The van der Waals surface area contributed by atoms with E-state index in [1.807, 2.05) is 36.7 Å². The van der Waals surface area contributed by atoms with Crippen molar-refractivity contribution in [2.45, 2.75) is 19.8 Å². The molecule has 0 radical (unpaired) electrons. The number of aryl methyl sites for hydroxylation is 1. The maximum Gasteiger partial charge on any atom is 0.224 e. The van der Waals surface area contributed by atoms with E-state index in [1.54, 1.807) is 18.4 Å². The molecular weight excluding hydrogens is 310 g/mol. The van der Waals surface area contributed by atoms with Gasteiger partial charge in [-0.15, -0.1) is 11.3 Å². The van der Waals surface area contributed by atoms with Crippen LogP contribution in [0.2, 0.25) is 0 Å². The van der Waals surface area contributed by atoms with Crippen molar-refractivity contribution in [3.8, 4) is 5.75 Å². The largest absolute Gasteiger partial charge is 0.497 e. The molecule has 2 N–H and O–H groups in total. The second-order valence-electron chi connectivity index (χ2n) is 5.36. The van der Waals surface area contributed by atoms with Gasteiger partial charge in [0.05, 0.1) is 24.2 Å². The number of ether oxygens (including phenoxy) is 1. The van der Waals surface area contributed by atoms with Gasteiger partial charge in [0, 0.05) is 35.4 Å². The number of thiazole rings is 1. The highest BCUT2D eigenvalue weighted by molar-refractivity contribution is 7.09. The quantitative estimate of drug-likeness (QED) is 0.731. The molecule has 2 aromatic heterocycles. The monoisotopic (exact) mass is 329 g/mol. The van der Waals surface area contributed by atoms with E-state index in [2.05, 4.69) is 15.3 Å². The van der Waals surface area contributed by atoms with Crippen LogP contribution in [0.5, 0.6) is 5.75 Å². The highest BCUT2D eigenvalue weighted by Gasteiger charge is 2.10. The number of carbonyl (C=O) groups excluding carboxylic acids is 1. The molecule has 0 spiro atoms. The minimum atomic E-state index is 0.0145. The molecule has 23 heavy (non-hydrogen) atoms. The van der Waals surface area contributed by atoms with Crippen molar-refractivity contribution in [1.29, 1.82) is 0 Å². The fourth-order valence-electron chi connectivity index (χ4n) is 2.52. The van der Waals surface area contributed by atoms with Gasteiger partial charge in [0.25, 0.3) is 0 Å². The van der Waals surface area contributed by atoms with E-state index in [0.29, 0.717) is 13.0 Å². The Balaban J connectivity index is 1.59. The Hall–Kier alpha value is -2.34. The predicted octanol–water partition coefficient (Wildman–Crippen LogP) is 2.84. The molecule has 3 rings (SSSR count). The first-order valence-electron chi connectivity index (χ1n) is 7.47. The first-order chi connectivity index (χ1) is 11.2. The Morgan fingerprint density at radius 1 is 1.43 bits per heavy atom. The van der Waals surface area contributed by atoms with Gasteiger partial charge in [-0.05, 0) is 30.7 Å². The fourth-order valence-corrected chi connectivity index (χ4v) is 3.17. The summed E-state index contributed by atoms with van der Waals surface area (Å²) in [5.74, 6) is 0.804. The van der Waals surface area contributed by atoms with Gasteiger partial charge in [0.2, 0.25) is 5.91 Å². The van der Waals surface area contributed by atoms with E-state index in [0.717, 1.165) is 39.3 Å². The van der Waals surface area contributed by atoms with Crippen LogP contribution in [0.4, 0.5) is 0 Å². The number of aromatic amines is 1. The van der Waals surface area contributed by atoms with Crippen LogP contribution in [-0.2, 0) is 17.6 Å². The number of amides is 1. The standard InChI is InChI=1S/C17H19N3O2S/c1-11-20-13(10-23-11)5-6-18-17(21)7-12-9-19-16-4-3-14(22-2)8-15(12)16/h3-4,8-10,19H,5-7H2,1-2H3,(H,18,21). The number of methoxy groups -OCH3 is 1. The summed E-state index contributed by atoms with van der Waals surface area (Å²) < 4.78 is 5.25. The zero-order valence-corrected chi connectivity index (χ0v) is 14.0. The lowest BCUT2D eigenvalue weighted by Crippen LogP contribution is -2.27. The lowest BCUT2D eigenvalue weighted by atomic mass is 10.1. The van der Waals surface area contributed by atoms with Crippen LogP contribution < -0.4 is 10.1 Å². The summed E-state index contributed by atoms with van der Waals surface area (Å²) in [5.41, 5.74) is 3.01. The lowest BCUT2D eigenvalue weighted by molar-refractivity contribution is -0.120. The minimum Gasteiger partial charge on any atom is -0.497 e. The molecule has 0 saturated heterocycles. The zero-order chi connectivity index (χ0) is 16.2. The number of hydrogen-bond donors (Lipinski definition) is 2. The van der Waals surface area contributed by atoms with Gasteiger partial charge in [0.1, 0.15) is 5.75 Å². The van der Waals surface area contributed by atoms with Gasteiger partial charge in [0.15, 0.2) is 0 Å². The zero-order valence-electron chi connectivity index (χ0n) is 13.2. The highest BCUT2D eigenvalue weighted by Crippen LogP contribution is 2.23. The Morgan fingerprint density at radius 2 is 2.30 bits per heavy atom. The first-order valence-corrected chi connectivity index (χ1v) is 8.35. The van der Waals surface area contributed by atoms with Gasteiger partial charge < -0.3 is 15.0 Å². The second-order valence-corrected chi connectivity index (χ2v) is 6.42. The molecule has 5 nitrogen and oxygen atoms in total. The number of H-pyrrole nitrogens is 1. The van der Waals surface area contributed by atoms with E-state index in [9.17, 15) is 4.79 Å². The summed E-state index contributed by atoms with van der Waals surface area (Å²) in [4.78, 5) is 19.7. The van der Waals surface area contributed by atoms with Gasteiger partial charge >= 0.3 is 0 Å². The number of rotatable bonds is 6. The molecule has 3 aromatic rings. The molecular formula is C17H19N3O2S. The summed E-state index contributed by atoms with van der Waals surface area (Å²) >= 11 is 1.63. The van der Waals surface area contributed by atoms with Crippen molar-refractivity contribution >= 4 is 28.1 Å². The van der Waals surface area contributed by atoms with E-state index in [-0.39, 0.29) is 5.91 Å². The van der Waals surface area contributed by atoms with Crippen molar-refractivity contribution < 1.29 is 9.53 Å². The Kier molecular flexibility index (Phi) is 4.62. The van der Waals surface area contributed by atoms with Crippen LogP contribution in [0.15, 0.2) is 29.8 Å². The Labute approximate surface area is 138 Å². The Bertz CT molecular complexity index is 822. The van der Waals surface area contributed by atoms with Crippen molar-refractivity contribution in [2.75, 3.05) is 13.7 Å². The molecule has 120 valence electrons. The van der Waals surface area contributed by atoms with Crippen molar-refractivity contribution in [2.24, 2.45) is 0 Å². The average molecular weight is 329 g/mol. The molecule has 0 aliphatic carbocycles. The predicted molar refractivity (Wildman–Crippen MR) is 92.1 cm³/mol. The minimum absolute atomic E-state index is 0.0145. The number of nitrogens with zero attached hydrogens (tertiary/aromatic N) is 1. The molecule has 2 heterocycles. The van der Waals surface area contributed by atoms with Crippen LogP contribution in [0.3, 0.4) is 0 Å². The number of fused-ring (bicyclic) bond motifs is 1. The maximum atomic E-state index is 12.1. The maximum absolute atomic E-state index is 12.1. The summed E-state index contributed by atoms with van der Waals surface area (Å²) in [6, 6.07) is 5.81. The van der Waals surface area contributed by atoms with Gasteiger partial charge in [-0.25, -0.2) is 4.98 Å². The molecule has 0 saturated carbocycles. The third-order valence-corrected chi connectivity index (χ3v) is 4.52. The third kappa shape index (κ3) is 3.71. The second kappa shape index (κ2) is 6.83. The van der Waals surface area contributed by atoms with Crippen molar-refractivity contribution in [3.63, 3.8) is 0 Å². The molecule has 6 heteroatoms. The van der Waals surface area contributed by atoms with E-state index >= 15 is 0 Å². The number of benzene rings is 1. The molecule has 0 unspecified atom stereocenters. The summed E-state index contributed by atoms with van der Waals surface area (Å²) in [6.07, 6.45) is 2.99. The number of hydrogen-bond acceptors (Lipinski definition) is 4. The molecule has 0 aliphatic heterocycles. The van der Waals surface area contributed by atoms with Crippen LogP contribution in [0.1, 0.15) is 16.3 Å². The van der Waals surface area contributed by atoms with Crippen LogP contribution in [0.25, 0.3) is 10.9 Å². The number of carbonyl (C=O) groups is 1. The van der Waals surface area contributed by atoms with Gasteiger partial charge in [-0.1, -0.05) is 0 Å². The normalized spacial score (nSPS) is 10.9. The SMILES string of the molecule is COc1ccc2[nH]cc(CC(=O)NCCc3csc(C)n3)c2c1. The molecule has 0 aliphatic rings. The summed E-state index contributed by atoms with van der Waals surface area (Å²) in [6.45, 7) is 2.59. The fraction of sp³-hybridized carbons (Fsp3) is 0.294. The van der Waals surface area contributed by atoms with Gasteiger partial charge in [-0.3, -0.25) is 4.79 Å². The van der Waals surface area contributed by atoms with Crippen molar-refractivity contribution in [3.05, 3.63) is 46.0 Å². The number of aromatic nitrogens is 2. The Morgan fingerprint density at radius 3 is 3.04 bits per heavy atom. The van der Waals surface area contributed by atoms with E-state index in [1.165, 1.54) is 0 Å². The molecule has 0 fully saturated rings. The van der Waals surface area contributed by atoms with E-state index in [4.69, 9.17) is 4.74 Å². The van der Waals surface area contributed by atoms with Crippen LogP contribution in [-0.4, -0.2) is 29.5 Å². The average Bonchev–Trinajstić information content (AvgIpc) is 3.13. The van der Waals surface area contributed by atoms with Crippen molar-refractivity contribution in [1.82, 2.24) is 15.3 Å². The van der Waals surface area contributed by atoms with Gasteiger partial charge in [-0.2, -0.15) is 0 Å². The molecule has 0 bridgehead atoms. The van der Waals surface area contributed by atoms with E-state index < -0.39 is 0 Å². The van der Waals surface area contributed by atoms with Crippen LogP contribution in [0, 0.1) is 6.92 Å². The molecule has 0 atom stereocenters. The molecule has 1 amide bonds. The molecule has 1 aromatic carbocycles. The topological polar surface area (TPSA) is 67.0 Å². The number of nitrogens with one attached hydrogen (secondary N) is 2. The summed E-state index contributed by atoms with van der Waals surface area (Å²) in [7, 11) is 1.64. The third-order valence-electron chi connectivity index (χ3n) is 3.70. The highest BCUT2D eigenvalue weighted by atomic mass is 32.1. The van der Waals surface area contributed by atoms with Crippen LogP contribution >= 0.6 is 11.3 Å². The lowest BCUT2D eigenvalue weighted by Gasteiger charge is -2.04. The summed E-state index contributed by atoms with van der Waals surface area (Å²) in [5, 5.41) is 7.07. The first kappa shape index (κ1) is 15.6. The smallest absolute Gasteiger partial charge is 0.224 e.